The van der Waals surface area contributed by atoms with Crippen LogP contribution in [0.3, 0.4) is 0 Å². The van der Waals surface area contributed by atoms with Gasteiger partial charge in [-0.2, -0.15) is 11.8 Å². The van der Waals surface area contributed by atoms with Crippen LogP contribution in [0.25, 0.3) is 0 Å². The number of carbonyl (C=O) groups excluding carboxylic acids is 1. The van der Waals surface area contributed by atoms with E-state index in [1.807, 2.05) is 18.4 Å². The summed E-state index contributed by atoms with van der Waals surface area (Å²) in [6, 6.07) is 7.88. The molecule has 3 N–H and O–H groups in total. The van der Waals surface area contributed by atoms with E-state index in [1.165, 1.54) is 5.56 Å². The highest BCUT2D eigenvalue weighted by molar-refractivity contribution is 7.98. The van der Waals surface area contributed by atoms with E-state index in [9.17, 15) is 4.79 Å². The molecule has 24 heavy (non-hydrogen) atoms. The van der Waals surface area contributed by atoms with Gasteiger partial charge in [-0.15, -0.1) is 12.4 Å². The third kappa shape index (κ3) is 7.19. The van der Waals surface area contributed by atoms with Crippen molar-refractivity contribution in [3.63, 3.8) is 0 Å². The number of piperidine rings is 1. The largest absolute Gasteiger partial charge is 0.352 e. The van der Waals surface area contributed by atoms with Gasteiger partial charge in [-0.3, -0.25) is 9.69 Å². The molecule has 1 aliphatic heterocycles. The summed E-state index contributed by atoms with van der Waals surface area (Å²) in [5, 5.41) is 3.87. The SMILES string of the molecule is CSCCC(N)C(=O)NC1CCN(Cc2ccc(Cl)cc2)CC1.Cl. The number of thioether (sulfide) groups is 1. The number of hydrogen-bond donors (Lipinski definition) is 2. The smallest absolute Gasteiger partial charge is 0.237 e. The standard InChI is InChI=1S/C17H26ClN3OS.ClH/c1-23-11-8-16(19)17(22)20-15-6-9-21(10-7-15)12-13-2-4-14(18)5-3-13;/h2-5,15-16H,6-12,19H2,1H3,(H,20,22);1H. The van der Waals surface area contributed by atoms with E-state index in [0.717, 1.165) is 49.7 Å². The Morgan fingerprint density at radius 1 is 1.38 bits per heavy atom. The number of rotatable bonds is 7. The fourth-order valence-corrected chi connectivity index (χ4v) is 3.38. The quantitative estimate of drug-likeness (QED) is 0.749. The summed E-state index contributed by atoms with van der Waals surface area (Å²) < 4.78 is 0. The summed E-state index contributed by atoms with van der Waals surface area (Å²) in [5.41, 5.74) is 7.19. The Morgan fingerprint density at radius 3 is 2.58 bits per heavy atom. The third-order valence-corrected chi connectivity index (χ3v) is 5.12. The fourth-order valence-electron chi connectivity index (χ4n) is 2.77. The first-order valence-corrected chi connectivity index (χ1v) is 9.87. The topological polar surface area (TPSA) is 58.4 Å². The van der Waals surface area contributed by atoms with Crippen LogP contribution < -0.4 is 11.1 Å². The molecule has 1 atom stereocenters. The third-order valence-electron chi connectivity index (χ3n) is 4.22. The number of carbonyl (C=O) groups is 1. The molecular formula is C17H27Cl2N3OS. The van der Waals surface area contributed by atoms with E-state index in [-0.39, 0.29) is 30.4 Å². The van der Waals surface area contributed by atoms with Crippen LogP contribution in [-0.2, 0) is 11.3 Å². The van der Waals surface area contributed by atoms with E-state index < -0.39 is 0 Å². The zero-order valence-corrected chi connectivity index (χ0v) is 16.4. The average molecular weight is 392 g/mol. The maximum absolute atomic E-state index is 12.1. The van der Waals surface area contributed by atoms with Gasteiger partial charge in [0, 0.05) is 30.7 Å². The molecule has 1 aromatic rings. The first kappa shape index (κ1) is 21.6. The molecule has 0 saturated carbocycles. The van der Waals surface area contributed by atoms with Crippen LogP contribution >= 0.6 is 35.8 Å². The van der Waals surface area contributed by atoms with Gasteiger partial charge in [0.2, 0.25) is 5.91 Å². The minimum absolute atomic E-state index is 0. The van der Waals surface area contributed by atoms with Crippen LogP contribution in [0.1, 0.15) is 24.8 Å². The summed E-state index contributed by atoms with van der Waals surface area (Å²) in [6.45, 7) is 2.92. The maximum Gasteiger partial charge on any atom is 0.237 e. The second-order valence-corrected chi connectivity index (χ2v) is 7.50. The van der Waals surface area contributed by atoms with Crippen molar-refractivity contribution in [1.82, 2.24) is 10.2 Å². The van der Waals surface area contributed by atoms with Gasteiger partial charge in [0.25, 0.3) is 0 Å². The molecule has 2 rings (SSSR count). The Labute approximate surface area is 160 Å². The van der Waals surface area contributed by atoms with Gasteiger partial charge in [0.1, 0.15) is 0 Å². The number of nitrogens with two attached hydrogens (primary N) is 1. The van der Waals surface area contributed by atoms with Gasteiger partial charge < -0.3 is 11.1 Å². The number of benzene rings is 1. The molecule has 1 unspecified atom stereocenters. The van der Waals surface area contributed by atoms with E-state index in [2.05, 4.69) is 22.3 Å². The van der Waals surface area contributed by atoms with Gasteiger partial charge in [0.05, 0.1) is 6.04 Å². The lowest BCUT2D eigenvalue weighted by atomic mass is 10.0. The Morgan fingerprint density at radius 2 is 2.00 bits per heavy atom. The molecule has 7 heteroatoms. The summed E-state index contributed by atoms with van der Waals surface area (Å²) in [4.78, 5) is 14.5. The van der Waals surface area contributed by atoms with Crippen LogP contribution in [-0.4, -0.2) is 48.0 Å². The average Bonchev–Trinajstić information content (AvgIpc) is 2.56. The minimum Gasteiger partial charge on any atom is -0.352 e. The van der Waals surface area contributed by atoms with Crippen molar-refractivity contribution in [1.29, 1.82) is 0 Å². The van der Waals surface area contributed by atoms with E-state index >= 15 is 0 Å². The van der Waals surface area contributed by atoms with Crippen LogP contribution in [0, 0.1) is 0 Å². The Kier molecular flexibility index (Phi) is 10.1. The van der Waals surface area contributed by atoms with Gasteiger partial charge in [-0.1, -0.05) is 23.7 Å². The Bertz CT molecular complexity index is 493. The van der Waals surface area contributed by atoms with Crippen LogP contribution in [0.4, 0.5) is 0 Å². The molecule has 1 heterocycles. The highest BCUT2D eigenvalue weighted by Gasteiger charge is 2.22. The molecule has 1 amide bonds. The zero-order chi connectivity index (χ0) is 16.7. The first-order chi connectivity index (χ1) is 11.1. The second-order valence-electron chi connectivity index (χ2n) is 6.07. The Hall–Kier alpha value is -0.460. The van der Waals surface area contributed by atoms with Crippen molar-refractivity contribution in [2.24, 2.45) is 5.73 Å². The van der Waals surface area contributed by atoms with Crippen molar-refractivity contribution in [3.05, 3.63) is 34.9 Å². The lowest BCUT2D eigenvalue weighted by molar-refractivity contribution is -0.123. The monoisotopic (exact) mass is 391 g/mol. The molecule has 1 fully saturated rings. The van der Waals surface area contributed by atoms with Gasteiger partial charge in [-0.05, 0) is 49.0 Å². The molecular weight excluding hydrogens is 365 g/mol. The zero-order valence-electron chi connectivity index (χ0n) is 14.0. The van der Waals surface area contributed by atoms with Crippen molar-refractivity contribution in [3.8, 4) is 0 Å². The summed E-state index contributed by atoms with van der Waals surface area (Å²) in [5.74, 6) is 0.920. The lowest BCUT2D eigenvalue weighted by Crippen LogP contribution is -2.49. The van der Waals surface area contributed by atoms with E-state index in [1.54, 1.807) is 11.8 Å². The Balaban J connectivity index is 0.00000288. The molecule has 0 aromatic heterocycles. The molecule has 136 valence electrons. The number of hydrogen-bond acceptors (Lipinski definition) is 4. The fraction of sp³-hybridized carbons (Fsp3) is 0.588. The minimum atomic E-state index is -0.380. The molecule has 4 nitrogen and oxygen atoms in total. The summed E-state index contributed by atoms with van der Waals surface area (Å²) >= 11 is 7.63. The number of nitrogens with one attached hydrogen (secondary N) is 1. The van der Waals surface area contributed by atoms with E-state index in [4.69, 9.17) is 17.3 Å². The molecule has 0 aliphatic carbocycles. The van der Waals surface area contributed by atoms with Crippen LogP contribution in [0.2, 0.25) is 5.02 Å². The van der Waals surface area contributed by atoms with Crippen LogP contribution in [0.15, 0.2) is 24.3 Å². The normalized spacial score (nSPS) is 17.1. The number of nitrogens with zero attached hydrogens (tertiary/aromatic N) is 1. The van der Waals surface area contributed by atoms with Gasteiger partial charge >= 0.3 is 0 Å². The molecule has 0 bridgehead atoms. The molecule has 1 aromatic carbocycles. The molecule has 0 radical (unpaired) electrons. The van der Waals surface area contributed by atoms with Crippen LogP contribution in [0.5, 0.6) is 0 Å². The van der Waals surface area contributed by atoms with Crippen molar-refractivity contribution >= 4 is 41.7 Å². The molecule has 1 saturated heterocycles. The summed E-state index contributed by atoms with van der Waals surface area (Å²) in [7, 11) is 0. The van der Waals surface area contributed by atoms with Gasteiger partial charge in [0.15, 0.2) is 0 Å². The maximum atomic E-state index is 12.1. The summed E-state index contributed by atoms with van der Waals surface area (Å²) in [6.07, 6.45) is 4.73. The van der Waals surface area contributed by atoms with Gasteiger partial charge in [-0.25, -0.2) is 0 Å². The highest BCUT2D eigenvalue weighted by Crippen LogP contribution is 2.16. The molecule has 1 aliphatic rings. The van der Waals surface area contributed by atoms with Crippen molar-refractivity contribution < 1.29 is 4.79 Å². The van der Waals surface area contributed by atoms with E-state index in [0.29, 0.717) is 0 Å². The number of amides is 1. The number of halogens is 2. The highest BCUT2D eigenvalue weighted by atomic mass is 35.5. The van der Waals surface area contributed by atoms with Crippen molar-refractivity contribution in [2.45, 2.75) is 37.9 Å². The predicted molar refractivity (Wildman–Crippen MR) is 106 cm³/mol. The molecule has 0 spiro atoms. The second kappa shape index (κ2) is 11.2. The lowest BCUT2D eigenvalue weighted by Gasteiger charge is -2.32. The predicted octanol–water partition coefficient (Wildman–Crippen LogP) is 2.92. The first-order valence-electron chi connectivity index (χ1n) is 8.10. The van der Waals surface area contributed by atoms with Crippen molar-refractivity contribution in [2.75, 3.05) is 25.1 Å². The number of likely N-dealkylation sites (tertiary alicyclic amines) is 1.